The van der Waals surface area contributed by atoms with Gasteiger partial charge in [-0.15, -0.1) is 0 Å². The van der Waals surface area contributed by atoms with Crippen LogP contribution in [0.2, 0.25) is 0 Å². The van der Waals surface area contributed by atoms with Crippen molar-refractivity contribution in [3.63, 3.8) is 0 Å². The third-order valence-electron chi connectivity index (χ3n) is 2.45. The third kappa shape index (κ3) is 2.11. The maximum atomic E-state index is 12.8. The van der Waals surface area contributed by atoms with E-state index in [4.69, 9.17) is 5.73 Å². The molecular formula is C14H12FN. The van der Waals surface area contributed by atoms with Crippen LogP contribution in [-0.2, 0) is 0 Å². The molecule has 80 valence electrons. The van der Waals surface area contributed by atoms with E-state index in [0.717, 1.165) is 22.4 Å². The van der Waals surface area contributed by atoms with Gasteiger partial charge in [0.25, 0.3) is 0 Å². The molecule has 0 saturated heterocycles. The number of benzene rings is 2. The summed E-state index contributed by atoms with van der Waals surface area (Å²) >= 11 is 0. The van der Waals surface area contributed by atoms with Crippen LogP contribution < -0.4 is 5.73 Å². The lowest BCUT2D eigenvalue weighted by molar-refractivity contribution is 0.627. The highest BCUT2D eigenvalue weighted by Crippen LogP contribution is 2.22. The quantitative estimate of drug-likeness (QED) is 0.759. The Balaban J connectivity index is 2.32. The molecule has 0 spiro atoms. The summed E-state index contributed by atoms with van der Waals surface area (Å²) in [5, 5.41) is 0. The van der Waals surface area contributed by atoms with Gasteiger partial charge in [-0.1, -0.05) is 30.8 Å². The highest BCUT2D eigenvalue weighted by atomic mass is 19.1. The van der Waals surface area contributed by atoms with Gasteiger partial charge in [0, 0.05) is 5.69 Å². The number of rotatable bonds is 2. The van der Waals surface area contributed by atoms with Crippen molar-refractivity contribution in [2.75, 3.05) is 5.73 Å². The van der Waals surface area contributed by atoms with E-state index in [1.807, 2.05) is 24.3 Å². The van der Waals surface area contributed by atoms with Gasteiger partial charge >= 0.3 is 0 Å². The lowest BCUT2D eigenvalue weighted by Crippen LogP contribution is -1.88. The molecule has 0 atom stereocenters. The Morgan fingerprint density at radius 3 is 1.81 bits per heavy atom. The fourth-order valence-electron chi connectivity index (χ4n) is 1.50. The summed E-state index contributed by atoms with van der Waals surface area (Å²) in [4.78, 5) is 0. The van der Waals surface area contributed by atoms with E-state index < -0.39 is 0 Å². The van der Waals surface area contributed by atoms with E-state index >= 15 is 0 Å². The summed E-state index contributed by atoms with van der Waals surface area (Å²) in [6.45, 7) is 3.99. The molecule has 2 heteroatoms. The minimum absolute atomic E-state index is 0.242. The van der Waals surface area contributed by atoms with Gasteiger partial charge in [-0.25, -0.2) is 4.39 Å². The van der Waals surface area contributed by atoms with Crippen LogP contribution in [0, 0.1) is 5.82 Å². The average molecular weight is 213 g/mol. The van der Waals surface area contributed by atoms with Gasteiger partial charge in [0.2, 0.25) is 0 Å². The molecule has 16 heavy (non-hydrogen) atoms. The van der Waals surface area contributed by atoms with Gasteiger partial charge in [-0.3, -0.25) is 0 Å². The second kappa shape index (κ2) is 4.19. The van der Waals surface area contributed by atoms with Gasteiger partial charge in [-0.2, -0.15) is 0 Å². The van der Waals surface area contributed by atoms with Crippen LogP contribution in [0.1, 0.15) is 11.1 Å². The molecule has 0 unspecified atom stereocenters. The highest BCUT2D eigenvalue weighted by Gasteiger charge is 2.02. The summed E-state index contributed by atoms with van der Waals surface area (Å²) in [6, 6.07) is 13.7. The van der Waals surface area contributed by atoms with Crippen LogP contribution in [0.15, 0.2) is 55.1 Å². The van der Waals surface area contributed by atoms with Gasteiger partial charge in [0.05, 0.1) is 0 Å². The molecule has 0 heterocycles. The monoisotopic (exact) mass is 213 g/mol. The first-order chi connectivity index (χ1) is 7.66. The predicted octanol–water partition coefficient (Wildman–Crippen LogP) is 3.47. The normalized spacial score (nSPS) is 10.1. The zero-order valence-corrected chi connectivity index (χ0v) is 8.78. The molecule has 0 aliphatic heterocycles. The van der Waals surface area contributed by atoms with Crippen LogP contribution in [-0.4, -0.2) is 0 Å². The number of hydrogen-bond acceptors (Lipinski definition) is 1. The summed E-state index contributed by atoms with van der Waals surface area (Å²) in [7, 11) is 0. The molecular weight excluding hydrogens is 201 g/mol. The molecule has 0 aliphatic carbocycles. The first kappa shape index (κ1) is 10.4. The number of anilines is 1. The third-order valence-corrected chi connectivity index (χ3v) is 2.45. The van der Waals surface area contributed by atoms with Crippen LogP contribution >= 0.6 is 0 Å². The topological polar surface area (TPSA) is 26.0 Å². The second-order valence-electron chi connectivity index (χ2n) is 3.61. The van der Waals surface area contributed by atoms with Crippen LogP contribution in [0.3, 0.4) is 0 Å². The van der Waals surface area contributed by atoms with Gasteiger partial charge in [0.1, 0.15) is 5.82 Å². The number of nitrogens with two attached hydrogens (primary N) is 1. The largest absolute Gasteiger partial charge is 0.399 e. The van der Waals surface area contributed by atoms with Crippen molar-refractivity contribution in [3.8, 4) is 0 Å². The molecule has 2 rings (SSSR count). The van der Waals surface area contributed by atoms with Gasteiger partial charge < -0.3 is 5.73 Å². The Bertz CT molecular complexity index is 450. The van der Waals surface area contributed by atoms with Crippen molar-refractivity contribution in [2.24, 2.45) is 0 Å². The maximum absolute atomic E-state index is 12.8. The minimum Gasteiger partial charge on any atom is -0.399 e. The summed E-state index contributed by atoms with van der Waals surface area (Å²) in [5.74, 6) is -0.242. The van der Waals surface area contributed by atoms with E-state index in [2.05, 4.69) is 6.58 Å². The van der Waals surface area contributed by atoms with Crippen molar-refractivity contribution in [1.29, 1.82) is 0 Å². The highest BCUT2D eigenvalue weighted by molar-refractivity contribution is 5.78. The zero-order valence-electron chi connectivity index (χ0n) is 8.78. The van der Waals surface area contributed by atoms with Gasteiger partial charge in [-0.05, 0) is 41.0 Å². The molecule has 0 fully saturated rings. The van der Waals surface area contributed by atoms with Crippen molar-refractivity contribution in [3.05, 3.63) is 72.1 Å². The molecule has 0 aliphatic rings. The van der Waals surface area contributed by atoms with Crippen LogP contribution in [0.5, 0.6) is 0 Å². The molecule has 1 nitrogen and oxygen atoms in total. The van der Waals surface area contributed by atoms with Crippen molar-refractivity contribution in [2.45, 2.75) is 0 Å². The Morgan fingerprint density at radius 1 is 0.875 bits per heavy atom. The Morgan fingerprint density at radius 2 is 1.31 bits per heavy atom. The van der Waals surface area contributed by atoms with Crippen LogP contribution in [0.25, 0.3) is 5.57 Å². The predicted molar refractivity (Wildman–Crippen MR) is 65.4 cm³/mol. The summed E-state index contributed by atoms with van der Waals surface area (Å²) in [5.41, 5.74) is 9.08. The Hall–Kier alpha value is -2.09. The molecule has 0 amide bonds. The zero-order chi connectivity index (χ0) is 11.5. The SMILES string of the molecule is C=C(c1ccc(N)cc1)c1ccc(F)cc1. The number of hydrogen-bond donors (Lipinski definition) is 1. The summed E-state index contributed by atoms with van der Waals surface area (Å²) in [6.07, 6.45) is 0. The number of nitrogen functional groups attached to an aromatic ring is 1. The van der Waals surface area contributed by atoms with Crippen LogP contribution in [0.4, 0.5) is 10.1 Å². The van der Waals surface area contributed by atoms with Gasteiger partial charge in [0.15, 0.2) is 0 Å². The lowest BCUT2D eigenvalue weighted by atomic mass is 9.99. The molecule has 0 bridgehead atoms. The molecule has 2 N–H and O–H groups in total. The van der Waals surface area contributed by atoms with E-state index in [0.29, 0.717) is 0 Å². The first-order valence-corrected chi connectivity index (χ1v) is 4.97. The molecule has 0 saturated carbocycles. The van der Waals surface area contributed by atoms with Crippen molar-refractivity contribution >= 4 is 11.3 Å². The van der Waals surface area contributed by atoms with E-state index in [1.165, 1.54) is 12.1 Å². The van der Waals surface area contributed by atoms with E-state index in [1.54, 1.807) is 12.1 Å². The molecule has 0 radical (unpaired) electrons. The first-order valence-electron chi connectivity index (χ1n) is 4.97. The van der Waals surface area contributed by atoms with E-state index in [9.17, 15) is 4.39 Å². The Labute approximate surface area is 94.0 Å². The number of halogens is 1. The standard InChI is InChI=1S/C14H12FN/c1-10(11-2-6-13(15)7-3-11)12-4-8-14(16)9-5-12/h2-9H,1,16H2. The average Bonchev–Trinajstić information content (AvgIpc) is 2.30. The fourth-order valence-corrected chi connectivity index (χ4v) is 1.50. The van der Waals surface area contributed by atoms with E-state index in [-0.39, 0.29) is 5.82 Å². The molecule has 2 aromatic carbocycles. The molecule has 2 aromatic rings. The second-order valence-corrected chi connectivity index (χ2v) is 3.61. The van der Waals surface area contributed by atoms with Crippen molar-refractivity contribution in [1.82, 2.24) is 0 Å². The Kier molecular flexibility index (Phi) is 2.73. The minimum atomic E-state index is -0.242. The summed E-state index contributed by atoms with van der Waals surface area (Å²) < 4.78 is 12.8. The maximum Gasteiger partial charge on any atom is 0.123 e. The molecule has 0 aromatic heterocycles. The lowest BCUT2D eigenvalue weighted by Gasteiger charge is -2.06. The fraction of sp³-hybridized carbons (Fsp3) is 0. The smallest absolute Gasteiger partial charge is 0.123 e. The van der Waals surface area contributed by atoms with Crippen molar-refractivity contribution < 1.29 is 4.39 Å².